The van der Waals surface area contributed by atoms with Gasteiger partial charge in [0.1, 0.15) is 11.3 Å². The summed E-state index contributed by atoms with van der Waals surface area (Å²) in [6.07, 6.45) is 5.68. The van der Waals surface area contributed by atoms with E-state index < -0.39 is 11.9 Å². The summed E-state index contributed by atoms with van der Waals surface area (Å²) in [5.41, 5.74) is 0.194. The normalized spacial score (nSPS) is 10.4. The third kappa shape index (κ3) is 7.58. The highest BCUT2D eigenvalue weighted by molar-refractivity contribution is 5.93. The zero-order chi connectivity index (χ0) is 17.8. The molecule has 130 valence electrons. The zero-order valence-electron chi connectivity index (χ0n) is 14.0. The molecule has 0 unspecified atom stereocenters. The highest BCUT2D eigenvalue weighted by Gasteiger charge is 2.14. The van der Waals surface area contributed by atoms with Crippen LogP contribution >= 0.6 is 0 Å². The smallest absolute Gasteiger partial charge is 0.341 e. The number of unbranched alkanes of at least 4 members (excludes halogenated alkanes) is 1. The Morgan fingerprint density at radius 2 is 1.96 bits per heavy atom. The van der Waals surface area contributed by atoms with Crippen molar-refractivity contribution in [3.05, 3.63) is 42.0 Å². The Kier molecular flexibility index (Phi) is 8.89. The van der Waals surface area contributed by atoms with Crippen LogP contribution in [0.25, 0.3) is 0 Å². The lowest BCUT2D eigenvalue weighted by Gasteiger charge is -2.09. The number of benzene rings is 1. The molecule has 6 nitrogen and oxygen atoms in total. The number of hydrogen-bond acceptors (Lipinski definition) is 5. The van der Waals surface area contributed by atoms with Crippen molar-refractivity contribution in [1.82, 2.24) is 5.32 Å². The molecule has 0 fully saturated rings. The minimum Gasteiger partial charge on any atom is -0.462 e. The lowest BCUT2D eigenvalue weighted by molar-refractivity contribution is -0.131. The molecule has 1 aromatic carbocycles. The van der Waals surface area contributed by atoms with Crippen LogP contribution in [0, 0.1) is 0 Å². The molecular weight excluding hydrogens is 310 g/mol. The van der Waals surface area contributed by atoms with Gasteiger partial charge in [0.25, 0.3) is 0 Å². The fourth-order valence-corrected chi connectivity index (χ4v) is 1.82. The molecule has 0 aromatic heterocycles. The average Bonchev–Trinajstić information content (AvgIpc) is 2.54. The number of amides is 1. The number of esters is 2. The van der Waals surface area contributed by atoms with Crippen LogP contribution in [0.5, 0.6) is 5.75 Å². The second kappa shape index (κ2) is 11.0. The first kappa shape index (κ1) is 19.4. The van der Waals surface area contributed by atoms with Gasteiger partial charge in [-0.15, -0.1) is 0 Å². The monoisotopic (exact) mass is 333 g/mol. The summed E-state index contributed by atoms with van der Waals surface area (Å²) in [6.45, 7) is 3.87. The molecule has 24 heavy (non-hydrogen) atoms. The van der Waals surface area contributed by atoms with Crippen LogP contribution in [0.3, 0.4) is 0 Å². The number of allylic oxidation sites excluding steroid dienone is 1. The molecule has 0 saturated carbocycles. The summed E-state index contributed by atoms with van der Waals surface area (Å²) < 4.78 is 10.1. The minimum absolute atomic E-state index is 0.157. The van der Waals surface area contributed by atoms with Gasteiger partial charge in [-0.1, -0.05) is 31.6 Å². The first-order valence-corrected chi connectivity index (χ1v) is 7.93. The van der Waals surface area contributed by atoms with Crippen molar-refractivity contribution >= 4 is 17.8 Å². The maximum atomic E-state index is 12.0. The largest absolute Gasteiger partial charge is 0.462 e. The molecule has 0 atom stereocenters. The fourth-order valence-electron chi connectivity index (χ4n) is 1.82. The van der Waals surface area contributed by atoms with Crippen LogP contribution in [0.4, 0.5) is 0 Å². The SMILES string of the molecule is CCCC=CC(=O)NCCCOC(=O)c1ccccc1OC(C)=O. The fraction of sp³-hybridized carbons (Fsp3) is 0.389. The molecule has 1 rings (SSSR count). The Balaban J connectivity index is 2.34. The predicted molar refractivity (Wildman–Crippen MR) is 89.7 cm³/mol. The van der Waals surface area contributed by atoms with Gasteiger partial charge in [0.15, 0.2) is 0 Å². The quantitative estimate of drug-likeness (QED) is 0.325. The van der Waals surface area contributed by atoms with E-state index in [2.05, 4.69) is 5.32 Å². The molecule has 0 bridgehead atoms. The van der Waals surface area contributed by atoms with Crippen LogP contribution in [-0.2, 0) is 14.3 Å². The minimum atomic E-state index is -0.569. The van der Waals surface area contributed by atoms with Crippen LogP contribution in [-0.4, -0.2) is 31.0 Å². The van der Waals surface area contributed by atoms with Crippen molar-refractivity contribution in [3.63, 3.8) is 0 Å². The maximum Gasteiger partial charge on any atom is 0.341 e. The van der Waals surface area contributed by atoms with Gasteiger partial charge < -0.3 is 14.8 Å². The number of nitrogens with one attached hydrogen (secondary N) is 1. The van der Waals surface area contributed by atoms with Gasteiger partial charge in [0.2, 0.25) is 5.91 Å². The summed E-state index contributed by atoms with van der Waals surface area (Å²) in [4.78, 5) is 34.5. The van der Waals surface area contributed by atoms with Crippen LogP contribution in [0.15, 0.2) is 36.4 Å². The molecule has 0 radical (unpaired) electrons. The predicted octanol–water partition coefficient (Wildman–Crippen LogP) is 2.63. The molecule has 1 N–H and O–H groups in total. The van der Waals surface area contributed by atoms with Crippen molar-refractivity contribution in [2.24, 2.45) is 0 Å². The second-order valence-corrected chi connectivity index (χ2v) is 5.06. The Morgan fingerprint density at radius 3 is 2.67 bits per heavy atom. The Bertz CT molecular complexity index is 595. The lowest BCUT2D eigenvalue weighted by Crippen LogP contribution is -2.23. The first-order chi connectivity index (χ1) is 11.5. The molecule has 6 heteroatoms. The van der Waals surface area contributed by atoms with Crippen LogP contribution < -0.4 is 10.1 Å². The van der Waals surface area contributed by atoms with E-state index in [-0.39, 0.29) is 23.8 Å². The topological polar surface area (TPSA) is 81.7 Å². The van der Waals surface area contributed by atoms with E-state index in [1.54, 1.807) is 12.1 Å². The zero-order valence-corrected chi connectivity index (χ0v) is 14.0. The molecular formula is C18H23NO5. The highest BCUT2D eigenvalue weighted by atomic mass is 16.5. The van der Waals surface area contributed by atoms with Gasteiger partial charge in [0, 0.05) is 13.5 Å². The summed E-state index contributed by atoms with van der Waals surface area (Å²) in [5, 5.41) is 2.71. The number of para-hydroxylation sites is 1. The summed E-state index contributed by atoms with van der Waals surface area (Å²) in [6, 6.07) is 6.38. The summed E-state index contributed by atoms with van der Waals surface area (Å²) in [7, 11) is 0. The molecule has 0 aliphatic rings. The van der Waals surface area contributed by atoms with Crippen molar-refractivity contribution in [2.45, 2.75) is 33.1 Å². The molecule has 1 amide bonds. The van der Waals surface area contributed by atoms with Crippen LogP contribution in [0.2, 0.25) is 0 Å². The van der Waals surface area contributed by atoms with Crippen LogP contribution in [0.1, 0.15) is 43.5 Å². The third-order valence-corrected chi connectivity index (χ3v) is 2.94. The van der Waals surface area contributed by atoms with Gasteiger partial charge >= 0.3 is 11.9 Å². The molecule has 0 aliphatic heterocycles. The Morgan fingerprint density at radius 1 is 1.21 bits per heavy atom. The van der Waals surface area contributed by atoms with Crippen molar-refractivity contribution < 1.29 is 23.9 Å². The van der Waals surface area contributed by atoms with Gasteiger partial charge in [-0.25, -0.2) is 4.79 Å². The standard InChI is InChI=1S/C18H23NO5/c1-3-4-5-11-17(21)19-12-8-13-23-18(22)15-9-6-7-10-16(15)24-14(2)20/h5-7,9-11H,3-4,8,12-13H2,1-2H3,(H,19,21). The van der Waals surface area contributed by atoms with Crippen molar-refractivity contribution in [2.75, 3.05) is 13.2 Å². The number of carbonyl (C=O) groups is 3. The van der Waals surface area contributed by atoms with Gasteiger partial charge in [0.05, 0.1) is 6.61 Å². The second-order valence-electron chi connectivity index (χ2n) is 5.06. The number of carbonyl (C=O) groups excluding carboxylic acids is 3. The van der Waals surface area contributed by atoms with E-state index in [4.69, 9.17) is 9.47 Å². The van der Waals surface area contributed by atoms with E-state index in [0.29, 0.717) is 13.0 Å². The van der Waals surface area contributed by atoms with E-state index in [0.717, 1.165) is 12.8 Å². The molecule has 0 heterocycles. The molecule has 0 aliphatic carbocycles. The third-order valence-electron chi connectivity index (χ3n) is 2.94. The lowest BCUT2D eigenvalue weighted by atomic mass is 10.2. The summed E-state index contributed by atoms with van der Waals surface area (Å²) in [5.74, 6) is -1.06. The summed E-state index contributed by atoms with van der Waals surface area (Å²) >= 11 is 0. The highest BCUT2D eigenvalue weighted by Crippen LogP contribution is 2.19. The average molecular weight is 333 g/mol. The number of ether oxygens (including phenoxy) is 2. The Hall–Kier alpha value is -2.63. The Labute approximate surface area is 141 Å². The van der Waals surface area contributed by atoms with Gasteiger partial charge in [-0.05, 0) is 31.1 Å². The van der Waals surface area contributed by atoms with E-state index in [1.807, 2.05) is 13.0 Å². The molecule has 1 aromatic rings. The molecule has 0 spiro atoms. The first-order valence-electron chi connectivity index (χ1n) is 7.93. The van der Waals surface area contributed by atoms with E-state index in [1.165, 1.54) is 25.1 Å². The van der Waals surface area contributed by atoms with Gasteiger partial charge in [-0.3, -0.25) is 9.59 Å². The maximum absolute atomic E-state index is 12.0. The van der Waals surface area contributed by atoms with Crippen molar-refractivity contribution in [3.8, 4) is 5.75 Å². The van der Waals surface area contributed by atoms with E-state index in [9.17, 15) is 14.4 Å². The number of hydrogen-bond donors (Lipinski definition) is 1. The van der Waals surface area contributed by atoms with Gasteiger partial charge in [-0.2, -0.15) is 0 Å². The van der Waals surface area contributed by atoms with E-state index >= 15 is 0 Å². The van der Waals surface area contributed by atoms with Crippen molar-refractivity contribution in [1.29, 1.82) is 0 Å². The molecule has 0 saturated heterocycles. The number of rotatable bonds is 9.